The number of aromatic nitrogens is 1. The number of hydrogen-bond acceptors (Lipinski definition) is 7. The van der Waals surface area contributed by atoms with Gasteiger partial charge in [0, 0.05) is 18.0 Å². The standard InChI is InChI=1S/C13H15N3O4S/c1-14-13(10-3-2-8-15-9-10)21(19,20)12-6-4-11(5-7-12)16(17)18/h2-9,13-14,17-18H,1H3. The Balaban J connectivity index is 2.40. The minimum Gasteiger partial charge on any atom is -0.300 e. The van der Waals surface area contributed by atoms with E-state index in [1.807, 2.05) is 0 Å². The lowest BCUT2D eigenvalue weighted by atomic mass is 10.3. The zero-order chi connectivity index (χ0) is 15.5. The second-order valence-electron chi connectivity index (χ2n) is 4.28. The fourth-order valence-electron chi connectivity index (χ4n) is 1.94. The van der Waals surface area contributed by atoms with Gasteiger partial charge in [-0.2, -0.15) is 0 Å². The van der Waals surface area contributed by atoms with Crippen LogP contribution in [-0.4, -0.2) is 30.9 Å². The molecule has 0 radical (unpaired) electrons. The Morgan fingerprint density at radius 2 is 1.86 bits per heavy atom. The van der Waals surface area contributed by atoms with Gasteiger partial charge in [0.25, 0.3) is 0 Å². The maximum Gasteiger partial charge on any atom is 0.198 e. The molecule has 0 aliphatic heterocycles. The molecular formula is C13H15N3O4S. The summed E-state index contributed by atoms with van der Waals surface area (Å²) in [6.07, 6.45) is 3.05. The highest BCUT2D eigenvalue weighted by Gasteiger charge is 2.27. The normalized spacial score (nSPS) is 12.9. The van der Waals surface area contributed by atoms with Crippen molar-refractivity contribution in [3.8, 4) is 0 Å². The lowest BCUT2D eigenvalue weighted by molar-refractivity contribution is 0.0291. The molecule has 0 saturated heterocycles. The fraction of sp³-hybridized carbons (Fsp3) is 0.154. The highest BCUT2D eigenvalue weighted by molar-refractivity contribution is 7.91. The van der Waals surface area contributed by atoms with Gasteiger partial charge in [-0.1, -0.05) is 6.07 Å². The Hall–Kier alpha value is -2.00. The first-order chi connectivity index (χ1) is 9.96. The van der Waals surface area contributed by atoms with E-state index >= 15 is 0 Å². The zero-order valence-electron chi connectivity index (χ0n) is 11.2. The average molecular weight is 309 g/mol. The molecule has 0 aliphatic rings. The van der Waals surface area contributed by atoms with Crippen LogP contribution in [0.15, 0.2) is 53.7 Å². The number of sulfone groups is 1. The Morgan fingerprint density at radius 1 is 1.19 bits per heavy atom. The van der Waals surface area contributed by atoms with Gasteiger partial charge in [-0.15, -0.1) is 5.23 Å². The number of nitrogens with zero attached hydrogens (tertiary/aromatic N) is 2. The Labute approximate surface area is 122 Å². The summed E-state index contributed by atoms with van der Waals surface area (Å²) in [5, 5.41) is 19.5. The summed E-state index contributed by atoms with van der Waals surface area (Å²) in [7, 11) is -2.13. The van der Waals surface area contributed by atoms with Crippen LogP contribution >= 0.6 is 0 Å². The minimum absolute atomic E-state index is 0.0660. The monoisotopic (exact) mass is 309 g/mol. The lowest BCUT2D eigenvalue weighted by Gasteiger charge is -2.17. The van der Waals surface area contributed by atoms with Crippen LogP contribution in [0, 0.1) is 0 Å². The number of anilines is 1. The maximum atomic E-state index is 12.6. The number of nitrogens with one attached hydrogen (secondary N) is 1. The minimum atomic E-state index is -3.68. The lowest BCUT2D eigenvalue weighted by Crippen LogP contribution is -2.26. The van der Waals surface area contributed by atoms with E-state index < -0.39 is 15.2 Å². The maximum absolute atomic E-state index is 12.6. The van der Waals surface area contributed by atoms with Crippen molar-refractivity contribution in [3.05, 3.63) is 54.4 Å². The first kappa shape index (κ1) is 15.4. The van der Waals surface area contributed by atoms with E-state index in [1.165, 1.54) is 30.5 Å². The highest BCUT2D eigenvalue weighted by atomic mass is 32.2. The number of hydrogen-bond donors (Lipinski definition) is 3. The van der Waals surface area contributed by atoms with E-state index in [1.54, 1.807) is 25.4 Å². The molecule has 2 rings (SSSR count). The Bertz CT molecular complexity index is 687. The van der Waals surface area contributed by atoms with Gasteiger partial charge in [-0.25, -0.2) is 8.42 Å². The van der Waals surface area contributed by atoms with Crippen molar-refractivity contribution in [3.63, 3.8) is 0 Å². The molecule has 8 heteroatoms. The predicted octanol–water partition coefficient (Wildman–Crippen LogP) is 1.36. The molecule has 7 nitrogen and oxygen atoms in total. The van der Waals surface area contributed by atoms with E-state index in [-0.39, 0.29) is 15.8 Å². The third-order valence-electron chi connectivity index (χ3n) is 2.96. The molecule has 0 fully saturated rings. The molecule has 0 amide bonds. The van der Waals surface area contributed by atoms with E-state index in [0.29, 0.717) is 5.56 Å². The largest absolute Gasteiger partial charge is 0.300 e. The molecule has 2 aromatic rings. The second kappa shape index (κ2) is 6.19. The van der Waals surface area contributed by atoms with Crippen molar-refractivity contribution in [2.24, 2.45) is 0 Å². The van der Waals surface area contributed by atoms with Gasteiger partial charge in [-0.05, 0) is 37.4 Å². The molecule has 0 aliphatic carbocycles. The molecule has 0 bridgehead atoms. The van der Waals surface area contributed by atoms with E-state index in [0.717, 1.165) is 0 Å². The molecule has 1 aromatic carbocycles. The van der Waals surface area contributed by atoms with Gasteiger partial charge < -0.3 is 5.32 Å². The van der Waals surface area contributed by atoms with Crippen LogP contribution in [0.1, 0.15) is 10.9 Å². The van der Waals surface area contributed by atoms with Crippen molar-refractivity contribution in [1.29, 1.82) is 0 Å². The second-order valence-corrected chi connectivity index (χ2v) is 6.32. The van der Waals surface area contributed by atoms with Crippen molar-refractivity contribution >= 4 is 15.5 Å². The molecule has 112 valence electrons. The van der Waals surface area contributed by atoms with Gasteiger partial charge in [0.2, 0.25) is 0 Å². The molecule has 1 heterocycles. The summed E-state index contributed by atoms with van der Waals surface area (Å²) in [5.74, 6) is 0. The van der Waals surface area contributed by atoms with Gasteiger partial charge in [0.1, 0.15) is 5.37 Å². The van der Waals surface area contributed by atoms with Crippen LogP contribution < -0.4 is 10.5 Å². The molecule has 0 saturated carbocycles. The van der Waals surface area contributed by atoms with Crippen LogP contribution in [0.3, 0.4) is 0 Å². The van der Waals surface area contributed by atoms with Crippen molar-refractivity contribution in [2.45, 2.75) is 10.3 Å². The third-order valence-corrected chi connectivity index (χ3v) is 5.01. The highest BCUT2D eigenvalue weighted by Crippen LogP contribution is 2.27. The number of benzene rings is 1. The topological polar surface area (TPSA) is 103 Å². The molecule has 0 spiro atoms. The number of pyridine rings is 1. The average Bonchev–Trinajstić information content (AvgIpc) is 2.49. The zero-order valence-corrected chi connectivity index (χ0v) is 12.0. The summed E-state index contributed by atoms with van der Waals surface area (Å²) >= 11 is 0. The fourth-order valence-corrected chi connectivity index (χ4v) is 3.53. The predicted molar refractivity (Wildman–Crippen MR) is 75.7 cm³/mol. The summed E-state index contributed by atoms with van der Waals surface area (Å²) in [5.41, 5.74) is 0.589. The molecule has 3 N–H and O–H groups in total. The van der Waals surface area contributed by atoms with E-state index in [4.69, 9.17) is 10.4 Å². The van der Waals surface area contributed by atoms with E-state index in [9.17, 15) is 8.42 Å². The van der Waals surface area contributed by atoms with E-state index in [2.05, 4.69) is 10.3 Å². The Kier molecular flexibility index (Phi) is 4.53. The molecular weight excluding hydrogens is 294 g/mol. The van der Waals surface area contributed by atoms with Crippen molar-refractivity contribution in [1.82, 2.24) is 10.3 Å². The Morgan fingerprint density at radius 3 is 2.33 bits per heavy atom. The quantitative estimate of drug-likeness (QED) is 0.716. The summed E-state index contributed by atoms with van der Waals surface area (Å²) < 4.78 is 25.2. The molecule has 1 unspecified atom stereocenters. The van der Waals surface area contributed by atoms with Crippen LogP contribution in [0.5, 0.6) is 0 Å². The molecule has 1 aromatic heterocycles. The smallest absolute Gasteiger partial charge is 0.198 e. The van der Waals surface area contributed by atoms with Gasteiger partial charge in [-0.3, -0.25) is 15.4 Å². The number of rotatable bonds is 5. The van der Waals surface area contributed by atoms with Crippen LogP contribution in [0.4, 0.5) is 5.69 Å². The molecule has 1 atom stereocenters. The van der Waals surface area contributed by atoms with Crippen LogP contribution in [-0.2, 0) is 9.84 Å². The summed E-state index contributed by atoms with van der Waals surface area (Å²) in [6, 6.07) is 8.54. The first-order valence-electron chi connectivity index (χ1n) is 6.06. The third kappa shape index (κ3) is 3.19. The summed E-state index contributed by atoms with van der Waals surface area (Å²) in [4.78, 5) is 3.99. The molecule has 21 heavy (non-hydrogen) atoms. The van der Waals surface area contributed by atoms with Crippen molar-refractivity contribution < 1.29 is 18.8 Å². The van der Waals surface area contributed by atoms with Crippen LogP contribution in [0.25, 0.3) is 0 Å². The van der Waals surface area contributed by atoms with Gasteiger partial charge in [0.15, 0.2) is 9.84 Å². The van der Waals surface area contributed by atoms with Crippen LogP contribution in [0.2, 0.25) is 0 Å². The first-order valence-corrected chi connectivity index (χ1v) is 7.60. The SMILES string of the molecule is CNC(c1cccnc1)S(=O)(=O)c1ccc(N(O)O)cc1. The summed E-state index contributed by atoms with van der Waals surface area (Å²) in [6.45, 7) is 0. The van der Waals surface area contributed by atoms with Gasteiger partial charge >= 0.3 is 0 Å². The van der Waals surface area contributed by atoms with Gasteiger partial charge in [0.05, 0.1) is 10.6 Å². The van der Waals surface area contributed by atoms with Crippen molar-refractivity contribution in [2.75, 3.05) is 12.3 Å².